The minimum atomic E-state index is -1.51. The molecular formula is C54H82N14O15S2. The molecule has 0 spiro atoms. The molecule has 29 nitrogen and oxygen atoms in total. The maximum Gasteiger partial charge on any atom is 0.326 e. The number of carbonyl (C=O) groups is 11. The zero-order valence-electron chi connectivity index (χ0n) is 47.5. The van der Waals surface area contributed by atoms with Gasteiger partial charge in [0.25, 0.3) is 0 Å². The van der Waals surface area contributed by atoms with Gasteiger partial charge < -0.3 is 90.8 Å². The highest BCUT2D eigenvalue weighted by Crippen LogP contribution is 2.21. The monoisotopic (exact) mass is 1230 g/mol. The minimum Gasteiger partial charge on any atom is -0.508 e. The summed E-state index contributed by atoms with van der Waals surface area (Å²) in [6.45, 7) is 0.806. The second-order valence-corrected chi connectivity index (χ2v) is 21.5. The van der Waals surface area contributed by atoms with Gasteiger partial charge in [-0.05, 0) is 107 Å². The average molecular weight is 1230 g/mol. The number of carboxylic acids is 2. The van der Waals surface area contributed by atoms with Crippen LogP contribution in [0.1, 0.15) is 82.3 Å². The Kier molecular flexibility index (Phi) is 31.6. The van der Waals surface area contributed by atoms with Crippen LogP contribution in [0.4, 0.5) is 0 Å². The molecule has 1 fully saturated rings. The summed E-state index contributed by atoms with van der Waals surface area (Å²) >= 11 is 5.60. The number of carboxylic acid groups (broad SMARTS) is 2. The van der Waals surface area contributed by atoms with Crippen molar-refractivity contribution in [1.82, 2.24) is 47.4 Å². The first-order chi connectivity index (χ1) is 40.4. The number of unbranched alkanes of at least 4 members (excludes halogenated alkanes) is 1. The van der Waals surface area contributed by atoms with E-state index in [9.17, 15) is 73.2 Å². The van der Waals surface area contributed by atoms with Crippen molar-refractivity contribution in [2.24, 2.45) is 27.9 Å². The van der Waals surface area contributed by atoms with Crippen LogP contribution in [0.3, 0.4) is 0 Å². The highest BCUT2D eigenvalue weighted by atomic mass is 32.2. The van der Waals surface area contributed by atoms with Gasteiger partial charge in [-0.2, -0.15) is 24.4 Å². The smallest absolute Gasteiger partial charge is 0.326 e. The number of thioether (sulfide) groups is 1. The number of amides is 9. The van der Waals surface area contributed by atoms with E-state index in [1.54, 1.807) is 36.6 Å². The van der Waals surface area contributed by atoms with E-state index in [1.165, 1.54) is 47.9 Å². The second kappa shape index (κ2) is 37.5. The van der Waals surface area contributed by atoms with E-state index < -0.39 is 145 Å². The minimum absolute atomic E-state index is 0.0214. The topological polar surface area (TPSA) is 485 Å². The first kappa shape index (κ1) is 71.5. The number of benzene rings is 2. The quantitative estimate of drug-likeness (QED) is 0.0133. The number of phenols is 1. The van der Waals surface area contributed by atoms with Crippen LogP contribution in [0, 0.1) is 0 Å². The van der Waals surface area contributed by atoms with E-state index in [2.05, 4.69) is 60.2 Å². The summed E-state index contributed by atoms with van der Waals surface area (Å²) < 4.78 is 0. The number of thiol groups is 1. The Balaban J connectivity index is 1.87. The number of hydrogen-bond donors (Lipinski definition) is 17. The number of aliphatic hydroxyl groups is 1. The van der Waals surface area contributed by atoms with Crippen LogP contribution in [0.25, 0.3) is 0 Å². The average Bonchev–Trinajstić information content (AvgIpc) is 3.62. The molecule has 1 aliphatic rings. The summed E-state index contributed by atoms with van der Waals surface area (Å²) in [5.41, 5.74) is 23.5. The third-order valence-corrected chi connectivity index (χ3v) is 14.5. The largest absolute Gasteiger partial charge is 0.508 e. The number of likely N-dealkylation sites (tertiary alicyclic amines) is 1. The molecule has 0 saturated carbocycles. The molecule has 470 valence electrons. The molecular weight excluding hydrogens is 1150 g/mol. The number of phenolic OH excluding ortho intramolecular Hbond substituents is 1. The number of hydrogen-bond acceptors (Lipinski definition) is 18. The molecule has 0 radical (unpaired) electrons. The lowest BCUT2D eigenvalue weighted by Gasteiger charge is -2.31. The van der Waals surface area contributed by atoms with Gasteiger partial charge in [0.2, 0.25) is 53.2 Å². The fourth-order valence-corrected chi connectivity index (χ4v) is 9.51. The number of aliphatic carboxylic acids is 2. The van der Waals surface area contributed by atoms with Gasteiger partial charge in [0.1, 0.15) is 66.2 Å². The fourth-order valence-electron chi connectivity index (χ4n) is 8.78. The number of aliphatic hydroxyl groups excluding tert-OH is 1. The molecule has 0 aliphatic carbocycles. The zero-order valence-corrected chi connectivity index (χ0v) is 49.2. The molecule has 10 atom stereocenters. The predicted molar refractivity (Wildman–Crippen MR) is 317 cm³/mol. The molecule has 31 heteroatoms. The van der Waals surface area contributed by atoms with Gasteiger partial charge in [-0.25, -0.2) is 4.79 Å². The van der Waals surface area contributed by atoms with E-state index >= 15 is 0 Å². The maximum absolute atomic E-state index is 14.7. The molecule has 85 heavy (non-hydrogen) atoms. The SMILES string of the molecule is CSCC[C@H](NC(=O)[C@H](Cc1ccccc1)NC(=O)[C@@H]1CCCN1C(=O)[C@H](CCCN=C(N)N)NC(=O)[C@H](CCCCN)NC(=O)[C@H](CCC(=O)O)NC(=O)[C@@H](N)CO)C(=O)N[C@@H](CS)C(=O)N[C@@H](C)C(=O)N[C@@H](Cc1ccc(O)cc1)C(=O)O. The van der Waals surface area contributed by atoms with Crippen LogP contribution >= 0.6 is 24.4 Å². The number of nitrogens with one attached hydrogen (secondary N) is 8. The van der Waals surface area contributed by atoms with Crippen LogP contribution in [-0.2, 0) is 65.6 Å². The van der Waals surface area contributed by atoms with Gasteiger partial charge in [-0.3, -0.25) is 52.9 Å². The number of nitrogens with zero attached hydrogens (tertiary/aromatic N) is 2. The Bertz CT molecular complexity index is 2600. The van der Waals surface area contributed by atoms with Gasteiger partial charge in [-0.1, -0.05) is 42.5 Å². The van der Waals surface area contributed by atoms with Gasteiger partial charge in [0, 0.05) is 38.1 Å². The summed E-state index contributed by atoms with van der Waals surface area (Å²) in [6, 6.07) is 0.732. The van der Waals surface area contributed by atoms with E-state index in [0.29, 0.717) is 36.1 Å². The lowest BCUT2D eigenvalue weighted by molar-refractivity contribution is -0.142. The number of aromatic hydroxyl groups is 1. The Morgan fingerprint density at radius 1 is 0.659 bits per heavy atom. The van der Waals surface area contributed by atoms with Crippen molar-refractivity contribution in [3.05, 3.63) is 65.7 Å². The maximum atomic E-state index is 14.7. The number of nitrogens with two attached hydrogens (primary N) is 4. The molecule has 20 N–H and O–H groups in total. The molecule has 0 bridgehead atoms. The third-order valence-electron chi connectivity index (χ3n) is 13.5. The standard InChI is InChI=1S/C54H82N14O15S2/c1-30(44(73)66-40(53(82)83)27-32-15-17-33(70)18-16-32)60-50(79)41(29-84)67-48(77)37(21-25-85-2)63-49(78)39(26-31-10-4-3-5-11-31)65-51(80)42-14-9-24-68(42)52(81)38(13-8-23-59-54(57)58)64-46(75)35(12-6-7-22-55)62-47(76)36(19-20-43(71)72)61-45(74)34(56)28-69/h3-5,10-11,15-18,30,34-42,69-70,84H,6-9,12-14,19-29,55-56H2,1-2H3,(H,60,79)(H,61,74)(H,62,76)(H,63,78)(H,64,75)(H,65,80)(H,66,73)(H,67,77)(H,71,72)(H,82,83)(H4,57,58,59)/t30-,34-,35-,36-,37-,38-,39-,40-,41-,42-/m0/s1. The highest BCUT2D eigenvalue weighted by molar-refractivity contribution is 7.98. The Morgan fingerprint density at radius 3 is 1.76 bits per heavy atom. The van der Waals surface area contributed by atoms with Crippen molar-refractivity contribution in [2.45, 2.75) is 144 Å². The summed E-state index contributed by atoms with van der Waals surface area (Å²) in [5.74, 6) is -10.4. The summed E-state index contributed by atoms with van der Waals surface area (Å²) in [6.07, 6.45) is 1.79. The molecule has 1 aliphatic heterocycles. The van der Waals surface area contributed by atoms with Crippen molar-refractivity contribution in [2.75, 3.05) is 44.0 Å². The molecule has 1 heterocycles. The number of aliphatic imine (C=N–C) groups is 1. The molecule has 9 amide bonds. The molecule has 3 rings (SSSR count). The molecule has 2 aromatic rings. The van der Waals surface area contributed by atoms with Crippen LogP contribution in [0.5, 0.6) is 5.75 Å². The fraction of sp³-hybridized carbons (Fsp3) is 0.556. The summed E-state index contributed by atoms with van der Waals surface area (Å²) in [5, 5.41) is 58.6. The molecule has 0 unspecified atom stereocenters. The first-order valence-corrected chi connectivity index (χ1v) is 29.7. The Morgan fingerprint density at radius 2 is 1.19 bits per heavy atom. The lowest BCUT2D eigenvalue weighted by Crippen LogP contribution is -2.60. The second-order valence-electron chi connectivity index (χ2n) is 20.2. The normalized spacial score (nSPS) is 16.0. The predicted octanol–water partition coefficient (Wildman–Crippen LogP) is -3.80. The van der Waals surface area contributed by atoms with Gasteiger partial charge >= 0.3 is 11.9 Å². The number of carbonyl (C=O) groups excluding carboxylic acids is 9. The van der Waals surface area contributed by atoms with Crippen LogP contribution in [0.15, 0.2) is 59.6 Å². The van der Waals surface area contributed by atoms with E-state index in [0.717, 1.165) is 0 Å². The Labute approximate surface area is 501 Å². The van der Waals surface area contributed by atoms with Gasteiger partial charge in [0.05, 0.1) is 6.61 Å². The van der Waals surface area contributed by atoms with Crippen molar-refractivity contribution < 1.29 is 73.2 Å². The molecule has 1 saturated heterocycles. The summed E-state index contributed by atoms with van der Waals surface area (Å²) in [7, 11) is 0. The molecule has 0 aromatic heterocycles. The van der Waals surface area contributed by atoms with Crippen LogP contribution < -0.4 is 65.5 Å². The zero-order chi connectivity index (χ0) is 63.2. The van der Waals surface area contributed by atoms with Crippen LogP contribution in [0.2, 0.25) is 0 Å². The van der Waals surface area contributed by atoms with Crippen molar-refractivity contribution in [1.29, 1.82) is 0 Å². The van der Waals surface area contributed by atoms with Gasteiger partial charge in [0.15, 0.2) is 5.96 Å². The summed E-state index contributed by atoms with van der Waals surface area (Å²) in [4.78, 5) is 154. The first-order valence-electron chi connectivity index (χ1n) is 27.6. The van der Waals surface area contributed by atoms with Crippen molar-refractivity contribution in [3.63, 3.8) is 0 Å². The molecule has 2 aromatic carbocycles. The number of guanidine groups is 1. The van der Waals surface area contributed by atoms with E-state index in [1.807, 2.05) is 0 Å². The van der Waals surface area contributed by atoms with Crippen molar-refractivity contribution >= 4 is 95.5 Å². The van der Waals surface area contributed by atoms with E-state index in [-0.39, 0.29) is 82.0 Å². The number of rotatable bonds is 38. The van der Waals surface area contributed by atoms with E-state index in [4.69, 9.17) is 22.9 Å². The van der Waals surface area contributed by atoms with Crippen molar-refractivity contribution in [3.8, 4) is 5.75 Å². The lowest BCUT2D eigenvalue weighted by atomic mass is 10.0. The van der Waals surface area contributed by atoms with Crippen LogP contribution in [-0.4, -0.2) is 201 Å². The highest BCUT2D eigenvalue weighted by Gasteiger charge is 2.40. The Hall–Kier alpha value is -7.74. The third kappa shape index (κ3) is 25.2. The van der Waals surface area contributed by atoms with Gasteiger partial charge in [-0.15, -0.1) is 0 Å².